The van der Waals surface area contributed by atoms with Crippen molar-refractivity contribution < 1.29 is 4.79 Å². The molecule has 0 fully saturated rings. The Kier molecular flexibility index (Phi) is 3.61. The predicted octanol–water partition coefficient (Wildman–Crippen LogP) is 2.43. The minimum atomic E-state index is -0.639. The van der Waals surface area contributed by atoms with Gasteiger partial charge >= 0.3 is 0 Å². The van der Waals surface area contributed by atoms with Gasteiger partial charge in [0, 0.05) is 16.1 Å². The third-order valence-electron chi connectivity index (χ3n) is 2.17. The number of nitrogens with zero attached hydrogens (tertiary/aromatic N) is 1. The van der Waals surface area contributed by atoms with E-state index in [1.807, 2.05) is 6.07 Å². The Hall–Kier alpha value is -1.59. The largest absolute Gasteiger partial charge is 0.369 e. The van der Waals surface area contributed by atoms with Crippen LogP contribution in [0.5, 0.6) is 0 Å². The van der Waals surface area contributed by atoms with Crippen LogP contribution < -0.4 is 11.1 Å². The van der Waals surface area contributed by atoms with Crippen LogP contribution in [-0.2, 0) is 4.79 Å². The fraction of sp³-hybridized carbons (Fsp3) is 0.0909. The van der Waals surface area contributed by atoms with Gasteiger partial charge in [-0.2, -0.15) is 0 Å². The molecule has 0 saturated carbocycles. The summed E-state index contributed by atoms with van der Waals surface area (Å²) in [6.07, 6.45) is 0. The number of hydrogen-bond donors (Lipinski definition) is 2. The SMILES string of the molecule is NC(=O)C(Nc1cccc(Cl)c1)c1cscn1. The molecule has 88 valence electrons. The van der Waals surface area contributed by atoms with E-state index in [0.29, 0.717) is 10.7 Å². The fourth-order valence-electron chi connectivity index (χ4n) is 1.40. The molecule has 1 aromatic heterocycles. The van der Waals surface area contributed by atoms with Crippen molar-refractivity contribution in [2.45, 2.75) is 6.04 Å². The van der Waals surface area contributed by atoms with Crippen LogP contribution in [0.15, 0.2) is 35.2 Å². The molecule has 0 saturated heterocycles. The van der Waals surface area contributed by atoms with Gasteiger partial charge in [0.05, 0.1) is 11.2 Å². The molecule has 1 amide bonds. The third kappa shape index (κ3) is 2.95. The van der Waals surface area contributed by atoms with Gasteiger partial charge in [0.15, 0.2) is 0 Å². The van der Waals surface area contributed by atoms with Crippen molar-refractivity contribution in [3.8, 4) is 0 Å². The zero-order valence-corrected chi connectivity index (χ0v) is 10.3. The van der Waals surface area contributed by atoms with Crippen molar-refractivity contribution in [3.05, 3.63) is 45.9 Å². The number of nitrogens with two attached hydrogens (primary N) is 1. The lowest BCUT2D eigenvalue weighted by atomic mass is 10.2. The first kappa shape index (κ1) is 11.9. The van der Waals surface area contributed by atoms with E-state index in [0.717, 1.165) is 5.69 Å². The monoisotopic (exact) mass is 267 g/mol. The second-order valence-corrected chi connectivity index (χ2v) is 4.56. The van der Waals surface area contributed by atoms with E-state index < -0.39 is 11.9 Å². The number of primary amides is 1. The molecule has 3 N–H and O–H groups in total. The Morgan fingerprint density at radius 2 is 2.35 bits per heavy atom. The maximum atomic E-state index is 11.4. The maximum Gasteiger partial charge on any atom is 0.246 e. The van der Waals surface area contributed by atoms with Gasteiger partial charge in [-0.05, 0) is 18.2 Å². The number of rotatable bonds is 4. The first-order chi connectivity index (χ1) is 8.16. The number of halogens is 1. The summed E-state index contributed by atoms with van der Waals surface area (Å²) in [7, 11) is 0. The third-order valence-corrected chi connectivity index (χ3v) is 3.01. The average Bonchev–Trinajstić information content (AvgIpc) is 2.78. The number of anilines is 1. The molecule has 0 bridgehead atoms. The molecule has 0 radical (unpaired) electrons. The number of carbonyl (C=O) groups is 1. The maximum absolute atomic E-state index is 11.4. The van der Waals surface area contributed by atoms with E-state index in [4.69, 9.17) is 17.3 Å². The molecule has 0 spiro atoms. The molecule has 0 aliphatic carbocycles. The van der Waals surface area contributed by atoms with E-state index in [1.54, 1.807) is 29.1 Å². The molecule has 1 heterocycles. The summed E-state index contributed by atoms with van der Waals surface area (Å²) < 4.78 is 0. The minimum Gasteiger partial charge on any atom is -0.369 e. The molecule has 6 heteroatoms. The van der Waals surface area contributed by atoms with Crippen LogP contribution in [0.3, 0.4) is 0 Å². The van der Waals surface area contributed by atoms with Gasteiger partial charge in [-0.15, -0.1) is 11.3 Å². The summed E-state index contributed by atoms with van der Waals surface area (Å²) in [5.41, 5.74) is 8.35. The first-order valence-corrected chi connectivity index (χ1v) is 6.18. The van der Waals surface area contributed by atoms with Gasteiger partial charge in [-0.1, -0.05) is 17.7 Å². The summed E-state index contributed by atoms with van der Waals surface area (Å²) in [4.78, 5) is 15.5. The summed E-state index contributed by atoms with van der Waals surface area (Å²) >= 11 is 7.28. The topological polar surface area (TPSA) is 68.0 Å². The lowest BCUT2D eigenvalue weighted by Crippen LogP contribution is -2.27. The smallest absolute Gasteiger partial charge is 0.246 e. The Morgan fingerprint density at radius 1 is 1.53 bits per heavy atom. The van der Waals surface area contributed by atoms with E-state index in [9.17, 15) is 4.79 Å². The lowest BCUT2D eigenvalue weighted by Gasteiger charge is -2.14. The highest BCUT2D eigenvalue weighted by atomic mass is 35.5. The van der Waals surface area contributed by atoms with Crippen molar-refractivity contribution in [2.24, 2.45) is 5.73 Å². The van der Waals surface area contributed by atoms with Gasteiger partial charge in [0.1, 0.15) is 6.04 Å². The molecule has 4 nitrogen and oxygen atoms in total. The van der Waals surface area contributed by atoms with Crippen LogP contribution in [-0.4, -0.2) is 10.9 Å². The van der Waals surface area contributed by atoms with E-state index in [-0.39, 0.29) is 0 Å². The second kappa shape index (κ2) is 5.16. The average molecular weight is 268 g/mol. The normalized spacial score (nSPS) is 12.1. The van der Waals surface area contributed by atoms with Crippen LogP contribution in [0.4, 0.5) is 5.69 Å². The molecule has 17 heavy (non-hydrogen) atoms. The van der Waals surface area contributed by atoms with E-state index >= 15 is 0 Å². The number of nitrogens with one attached hydrogen (secondary N) is 1. The van der Waals surface area contributed by atoms with E-state index in [1.165, 1.54) is 11.3 Å². The molecular formula is C11H10ClN3OS. The summed E-state index contributed by atoms with van der Waals surface area (Å²) in [5, 5.41) is 5.39. The second-order valence-electron chi connectivity index (χ2n) is 3.40. The molecular weight excluding hydrogens is 258 g/mol. The van der Waals surface area contributed by atoms with Crippen molar-refractivity contribution >= 4 is 34.5 Å². The van der Waals surface area contributed by atoms with Crippen molar-refractivity contribution in [3.63, 3.8) is 0 Å². The van der Waals surface area contributed by atoms with Crippen LogP contribution in [0.2, 0.25) is 5.02 Å². The molecule has 1 unspecified atom stereocenters. The molecule has 1 atom stereocenters. The first-order valence-electron chi connectivity index (χ1n) is 4.86. The number of benzene rings is 1. The van der Waals surface area contributed by atoms with Crippen molar-refractivity contribution in [1.82, 2.24) is 4.98 Å². The van der Waals surface area contributed by atoms with E-state index in [2.05, 4.69) is 10.3 Å². The molecule has 2 aromatic rings. The lowest BCUT2D eigenvalue weighted by molar-refractivity contribution is -0.118. The summed E-state index contributed by atoms with van der Waals surface area (Å²) in [6, 6.07) is 6.45. The minimum absolute atomic E-state index is 0.476. The van der Waals surface area contributed by atoms with Gasteiger partial charge < -0.3 is 11.1 Å². The molecule has 2 rings (SSSR count). The quantitative estimate of drug-likeness (QED) is 0.894. The Morgan fingerprint density at radius 3 is 2.94 bits per heavy atom. The molecule has 0 aliphatic rings. The Labute approximate surface area is 107 Å². The Bertz CT molecular complexity index is 515. The van der Waals surface area contributed by atoms with Crippen molar-refractivity contribution in [1.29, 1.82) is 0 Å². The summed E-state index contributed by atoms with van der Waals surface area (Å²) in [6.45, 7) is 0. The highest BCUT2D eigenvalue weighted by Gasteiger charge is 2.19. The number of aromatic nitrogens is 1. The van der Waals surface area contributed by atoms with Crippen LogP contribution >= 0.6 is 22.9 Å². The standard InChI is InChI=1S/C11H10ClN3OS/c12-7-2-1-3-8(4-7)15-10(11(13)16)9-5-17-6-14-9/h1-6,10,15H,(H2,13,16). The highest BCUT2D eigenvalue weighted by Crippen LogP contribution is 2.21. The predicted molar refractivity (Wildman–Crippen MR) is 69.1 cm³/mol. The van der Waals surface area contributed by atoms with Crippen LogP contribution in [0.1, 0.15) is 11.7 Å². The van der Waals surface area contributed by atoms with Gasteiger partial charge in [-0.3, -0.25) is 4.79 Å². The zero-order chi connectivity index (χ0) is 12.3. The zero-order valence-electron chi connectivity index (χ0n) is 8.76. The number of thiazole rings is 1. The van der Waals surface area contributed by atoms with Crippen LogP contribution in [0, 0.1) is 0 Å². The Balaban J connectivity index is 2.22. The summed E-state index contributed by atoms with van der Waals surface area (Å²) in [5.74, 6) is -0.476. The number of amides is 1. The highest BCUT2D eigenvalue weighted by molar-refractivity contribution is 7.07. The van der Waals surface area contributed by atoms with Gasteiger partial charge in [0.2, 0.25) is 5.91 Å². The molecule has 1 aromatic carbocycles. The van der Waals surface area contributed by atoms with Crippen LogP contribution in [0.25, 0.3) is 0 Å². The van der Waals surface area contributed by atoms with Crippen molar-refractivity contribution in [2.75, 3.05) is 5.32 Å². The molecule has 0 aliphatic heterocycles. The number of carbonyl (C=O) groups excluding carboxylic acids is 1. The van der Waals surface area contributed by atoms with Gasteiger partial charge in [0.25, 0.3) is 0 Å². The fourth-order valence-corrected chi connectivity index (χ4v) is 2.17. The number of hydrogen-bond acceptors (Lipinski definition) is 4. The van der Waals surface area contributed by atoms with Gasteiger partial charge in [-0.25, -0.2) is 4.98 Å².